The fraction of sp³-hybridized carbons (Fsp3) is 0.579. The number of rotatable bonds is 7. The molecule has 4 heteroatoms. The van der Waals surface area contributed by atoms with Gasteiger partial charge in [0.15, 0.2) is 0 Å². The number of hydrogen-bond donors (Lipinski definition) is 1. The molecular weight excluding hydrogens is 288 g/mol. The van der Waals surface area contributed by atoms with Gasteiger partial charge in [0, 0.05) is 18.7 Å². The van der Waals surface area contributed by atoms with Gasteiger partial charge in [0.1, 0.15) is 0 Å². The predicted octanol–water partition coefficient (Wildman–Crippen LogP) is 3.76. The summed E-state index contributed by atoms with van der Waals surface area (Å²) in [7, 11) is 0. The standard InChI is InChI=1S/C19H28N2O2/c1-2-3-5-8-16-10-12-17(13-11-16)20-18(22)15-21-14-7-4-6-9-19(21)23/h10-13H,2-9,14-15H2,1H3,(H,20,22). The third-order valence-electron chi connectivity index (χ3n) is 4.31. The van der Waals surface area contributed by atoms with Crippen molar-refractivity contribution in [2.24, 2.45) is 0 Å². The molecule has 1 heterocycles. The van der Waals surface area contributed by atoms with Crippen LogP contribution in [0.3, 0.4) is 0 Å². The molecule has 0 saturated carbocycles. The van der Waals surface area contributed by atoms with Crippen LogP contribution in [0.25, 0.3) is 0 Å². The van der Waals surface area contributed by atoms with Crippen LogP contribution in [0.2, 0.25) is 0 Å². The molecule has 4 nitrogen and oxygen atoms in total. The van der Waals surface area contributed by atoms with Crippen LogP contribution in [0.1, 0.15) is 57.4 Å². The number of anilines is 1. The Morgan fingerprint density at radius 3 is 2.65 bits per heavy atom. The van der Waals surface area contributed by atoms with Gasteiger partial charge < -0.3 is 10.2 Å². The Balaban J connectivity index is 1.81. The average Bonchev–Trinajstić information content (AvgIpc) is 2.74. The summed E-state index contributed by atoms with van der Waals surface area (Å²) in [6.45, 7) is 3.06. The number of carbonyl (C=O) groups excluding carboxylic acids is 2. The van der Waals surface area contributed by atoms with Crippen LogP contribution in [-0.4, -0.2) is 29.8 Å². The van der Waals surface area contributed by atoms with Crippen LogP contribution < -0.4 is 5.32 Å². The molecule has 1 aromatic carbocycles. The Morgan fingerprint density at radius 1 is 1.13 bits per heavy atom. The van der Waals surface area contributed by atoms with Crippen molar-refractivity contribution in [3.63, 3.8) is 0 Å². The van der Waals surface area contributed by atoms with Gasteiger partial charge in [0.25, 0.3) is 0 Å². The summed E-state index contributed by atoms with van der Waals surface area (Å²) in [4.78, 5) is 25.7. The second-order valence-electron chi connectivity index (χ2n) is 6.33. The van der Waals surface area contributed by atoms with Crippen molar-refractivity contribution in [2.45, 2.75) is 58.3 Å². The lowest BCUT2D eigenvalue weighted by Gasteiger charge is -2.19. The van der Waals surface area contributed by atoms with Gasteiger partial charge in [-0.3, -0.25) is 9.59 Å². The van der Waals surface area contributed by atoms with Gasteiger partial charge in [-0.15, -0.1) is 0 Å². The number of nitrogens with zero attached hydrogens (tertiary/aromatic N) is 1. The molecule has 2 amide bonds. The van der Waals surface area contributed by atoms with E-state index in [-0.39, 0.29) is 18.4 Å². The van der Waals surface area contributed by atoms with Crippen LogP contribution in [0.5, 0.6) is 0 Å². The number of nitrogens with one attached hydrogen (secondary N) is 1. The highest BCUT2D eigenvalue weighted by Gasteiger charge is 2.19. The van der Waals surface area contributed by atoms with E-state index in [1.54, 1.807) is 4.90 Å². The number of benzene rings is 1. The Hall–Kier alpha value is -1.84. The maximum absolute atomic E-state index is 12.1. The Kier molecular flexibility index (Phi) is 7.11. The molecule has 1 fully saturated rings. The van der Waals surface area contributed by atoms with E-state index in [1.807, 2.05) is 12.1 Å². The smallest absolute Gasteiger partial charge is 0.243 e. The van der Waals surface area contributed by atoms with E-state index >= 15 is 0 Å². The fourth-order valence-electron chi connectivity index (χ4n) is 2.91. The molecule has 0 spiro atoms. The number of unbranched alkanes of at least 4 members (excludes halogenated alkanes) is 2. The van der Waals surface area contributed by atoms with E-state index in [0.717, 1.165) is 31.4 Å². The molecule has 1 aromatic rings. The maximum atomic E-state index is 12.1. The zero-order valence-corrected chi connectivity index (χ0v) is 14.1. The quantitative estimate of drug-likeness (QED) is 0.779. The number of likely N-dealkylation sites (tertiary alicyclic amines) is 1. The minimum absolute atomic E-state index is 0.101. The van der Waals surface area contributed by atoms with Gasteiger partial charge >= 0.3 is 0 Å². The molecule has 1 aliphatic heterocycles. The summed E-state index contributed by atoms with van der Waals surface area (Å²) in [5, 5.41) is 2.89. The number of aryl methyl sites for hydroxylation is 1. The number of carbonyl (C=O) groups is 2. The fourth-order valence-corrected chi connectivity index (χ4v) is 2.91. The molecular formula is C19H28N2O2. The van der Waals surface area contributed by atoms with Crippen LogP contribution in [-0.2, 0) is 16.0 Å². The summed E-state index contributed by atoms with van der Waals surface area (Å²) >= 11 is 0. The van der Waals surface area contributed by atoms with Crippen molar-refractivity contribution in [2.75, 3.05) is 18.4 Å². The first-order valence-electron chi connectivity index (χ1n) is 8.85. The summed E-state index contributed by atoms with van der Waals surface area (Å²) in [5.74, 6) is -0.0112. The molecule has 126 valence electrons. The average molecular weight is 316 g/mol. The van der Waals surface area contributed by atoms with Crippen molar-refractivity contribution in [3.8, 4) is 0 Å². The lowest BCUT2D eigenvalue weighted by molar-refractivity contribution is -0.134. The van der Waals surface area contributed by atoms with Crippen molar-refractivity contribution in [1.29, 1.82) is 0 Å². The largest absolute Gasteiger partial charge is 0.333 e. The third kappa shape index (κ3) is 6.05. The predicted molar refractivity (Wildman–Crippen MR) is 93.3 cm³/mol. The second-order valence-corrected chi connectivity index (χ2v) is 6.33. The molecule has 1 aliphatic rings. The summed E-state index contributed by atoms with van der Waals surface area (Å²) < 4.78 is 0. The lowest BCUT2D eigenvalue weighted by atomic mass is 10.1. The minimum Gasteiger partial charge on any atom is -0.333 e. The Labute approximate surface area is 139 Å². The van der Waals surface area contributed by atoms with E-state index in [1.165, 1.54) is 24.8 Å². The van der Waals surface area contributed by atoms with Gasteiger partial charge in [-0.2, -0.15) is 0 Å². The van der Waals surface area contributed by atoms with Crippen molar-refractivity contribution >= 4 is 17.5 Å². The second kappa shape index (κ2) is 9.33. The molecule has 23 heavy (non-hydrogen) atoms. The van der Waals surface area contributed by atoms with Gasteiger partial charge in [-0.25, -0.2) is 0 Å². The zero-order valence-electron chi connectivity index (χ0n) is 14.1. The van der Waals surface area contributed by atoms with Gasteiger partial charge in [-0.1, -0.05) is 38.3 Å². The molecule has 1 saturated heterocycles. The van der Waals surface area contributed by atoms with Crippen molar-refractivity contribution in [3.05, 3.63) is 29.8 Å². The van der Waals surface area contributed by atoms with Gasteiger partial charge in [-0.05, 0) is 43.4 Å². The van der Waals surface area contributed by atoms with Crippen LogP contribution in [0, 0.1) is 0 Å². The molecule has 0 bridgehead atoms. The maximum Gasteiger partial charge on any atom is 0.243 e. The normalized spacial score (nSPS) is 15.3. The monoisotopic (exact) mass is 316 g/mol. The molecule has 0 aliphatic carbocycles. The zero-order chi connectivity index (χ0) is 16.5. The van der Waals surface area contributed by atoms with Gasteiger partial charge in [0.2, 0.25) is 11.8 Å². The third-order valence-corrected chi connectivity index (χ3v) is 4.31. The molecule has 0 aromatic heterocycles. The summed E-state index contributed by atoms with van der Waals surface area (Å²) in [5.41, 5.74) is 2.11. The van der Waals surface area contributed by atoms with Crippen LogP contribution >= 0.6 is 0 Å². The lowest BCUT2D eigenvalue weighted by Crippen LogP contribution is -2.37. The van der Waals surface area contributed by atoms with Crippen molar-refractivity contribution in [1.82, 2.24) is 4.90 Å². The summed E-state index contributed by atoms with van der Waals surface area (Å²) in [6.07, 6.45) is 8.35. The molecule has 0 radical (unpaired) electrons. The minimum atomic E-state index is -0.112. The first kappa shape index (κ1) is 17.5. The first-order valence-corrected chi connectivity index (χ1v) is 8.85. The van der Waals surface area contributed by atoms with Crippen LogP contribution in [0.4, 0.5) is 5.69 Å². The number of hydrogen-bond acceptors (Lipinski definition) is 2. The van der Waals surface area contributed by atoms with Gasteiger partial charge in [0.05, 0.1) is 6.54 Å². The first-order chi connectivity index (χ1) is 11.2. The number of amides is 2. The summed E-state index contributed by atoms with van der Waals surface area (Å²) in [6, 6.07) is 8.04. The Bertz CT molecular complexity index is 511. The van der Waals surface area contributed by atoms with E-state index in [0.29, 0.717) is 13.0 Å². The Morgan fingerprint density at radius 2 is 1.91 bits per heavy atom. The molecule has 2 rings (SSSR count). The molecule has 1 N–H and O–H groups in total. The SMILES string of the molecule is CCCCCc1ccc(NC(=O)CN2CCCCCC2=O)cc1. The van der Waals surface area contributed by atoms with E-state index in [9.17, 15) is 9.59 Å². The van der Waals surface area contributed by atoms with E-state index in [4.69, 9.17) is 0 Å². The van der Waals surface area contributed by atoms with Crippen molar-refractivity contribution < 1.29 is 9.59 Å². The topological polar surface area (TPSA) is 49.4 Å². The highest BCUT2D eigenvalue weighted by atomic mass is 16.2. The van der Waals surface area contributed by atoms with E-state index < -0.39 is 0 Å². The van der Waals surface area contributed by atoms with Crippen LogP contribution in [0.15, 0.2) is 24.3 Å². The van der Waals surface area contributed by atoms with E-state index in [2.05, 4.69) is 24.4 Å². The molecule has 0 atom stereocenters. The molecule has 0 unspecified atom stereocenters. The highest BCUT2D eigenvalue weighted by Crippen LogP contribution is 2.14. The highest BCUT2D eigenvalue weighted by molar-refractivity contribution is 5.94.